The number of fused-ring (bicyclic) bond motifs is 1. The number of halogens is 1. The van der Waals surface area contributed by atoms with Gasteiger partial charge in [0.2, 0.25) is 0 Å². The second-order valence-electron chi connectivity index (χ2n) is 4.01. The molecule has 0 aliphatic heterocycles. The van der Waals surface area contributed by atoms with Crippen LogP contribution in [0.2, 0.25) is 0 Å². The molecule has 15 heavy (non-hydrogen) atoms. The molecule has 2 aromatic rings. The van der Waals surface area contributed by atoms with Gasteiger partial charge in [0.15, 0.2) is 5.65 Å². The minimum absolute atomic E-state index is 0.506. The first kappa shape index (κ1) is 9.16. The molecule has 2 aromatic heterocycles. The second kappa shape index (κ2) is 3.49. The van der Waals surface area contributed by atoms with E-state index >= 15 is 0 Å². The van der Waals surface area contributed by atoms with Gasteiger partial charge in [0.25, 0.3) is 0 Å². The van der Waals surface area contributed by atoms with Crippen LogP contribution < -0.4 is 0 Å². The zero-order valence-electron chi connectivity index (χ0n) is 8.36. The summed E-state index contributed by atoms with van der Waals surface area (Å²) in [6.45, 7) is 0. The Bertz CT molecular complexity index is 488. The molecule has 3 rings (SSSR count). The average molecular weight is 222 g/mol. The van der Waals surface area contributed by atoms with Crippen molar-refractivity contribution in [2.24, 2.45) is 0 Å². The zero-order valence-corrected chi connectivity index (χ0v) is 9.11. The molecule has 0 radical (unpaired) electrons. The van der Waals surface area contributed by atoms with Crippen molar-refractivity contribution in [3.63, 3.8) is 0 Å². The molecule has 0 spiro atoms. The average Bonchev–Trinajstić information content (AvgIpc) is 2.53. The maximum Gasteiger partial charge on any atom is 0.159 e. The number of alkyl halides is 1. The molecule has 78 valence electrons. The van der Waals surface area contributed by atoms with E-state index in [-0.39, 0.29) is 0 Å². The summed E-state index contributed by atoms with van der Waals surface area (Å²) >= 11 is 5.98. The van der Waals surface area contributed by atoms with Crippen LogP contribution in [0, 0.1) is 0 Å². The van der Waals surface area contributed by atoms with Crippen molar-refractivity contribution in [2.45, 2.75) is 31.1 Å². The third kappa shape index (κ3) is 1.34. The van der Waals surface area contributed by atoms with Gasteiger partial charge in [0, 0.05) is 23.9 Å². The van der Waals surface area contributed by atoms with E-state index in [1.54, 1.807) is 6.20 Å². The van der Waals surface area contributed by atoms with Crippen molar-refractivity contribution < 1.29 is 0 Å². The van der Waals surface area contributed by atoms with Crippen molar-refractivity contribution in [3.8, 4) is 0 Å². The van der Waals surface area contributed by atoms with Gasteiger partial charge in [-0.15, -0.1) is 11.6 Å². The molecule has 4 heteroatoms. The summed E-state index contributed by atoms with van der Waals surface area (Å²) in [5.41, 5.74) is 3.19. The highest BCUT2D eigenvalue weighted by atomic mass is 35.5. The van der Waals surface area contributed by atoms with E-state index in [1.165, 1.54) is 19.3 Å². The number of rotatable bonds is 2. The number of aromatic nitrogens is 3. The fourth-order valence-electron chi connectivity index (χ4n) is 2.09. The van der Waals surface area contributed by atoms with E-state index in [2.05, 4.69) is 10.1 Å². The minimum Gasteiger partial charge on any atom is -0.237 e. The summed E-state index contributed by atoms with van der Waals surface area (Å²) in [5.74, 6) is 1.12. The summed E-state index contributed by atoms with van der Waals surface area (Å²) < 4.78 is 1.84. The molecular weight excluding hydrogens is 210 g/mol. The van der Waals surface area contributed by atoms with Crippen LogP contribution in [0.3, 0.4) is 0 Å². The summed E-state index contributed by atoms with van der Waals surface area (Å²) in [6.07, 6.45) is 7.52. The fourth-order valence-corrected chi connectivity index (χ4v) is 2.35. The molecule has 0 saturated heterocycles. The van der Waals surface area contributed by atoms with Crippen molar-refractivity contribution in [2.75, 3.05) is 0 Å². The molecule has 1 fully saturated rings. The van der Waals surface area contributed by atoms with Crippen LogP contribution in [0.1, 0.15) is 36.4 Å². The lowest BCUT2D eigenvalue weighted by atomic mass is 9.82. The summed E-state index contributed by atoms with van der Waals surface area (Å²) in [5, 5.41) is 4.58. The largest absolute Gasteiger partial charge is 0.237 e. The number of hydrogen-bond acceptors (Lipinski definition) is 2. The lowest BCUT2D eigenvalue weighted by molar-refractivity contribution is 0.408. The summed E-state index contributed by atoms with van der Waals surface area (Å²) in [4.78, 5) is 4.33. The molecule has 0 amide bonds. The van der Waals surface area contributed by atoms with Crippen LogP contribution in [-0.4, -0.2) is 14.6 Å². The van der Waals surface area contributed by atoms with Gasteiger partial charge < -0.3 is 0 Å². The molecule has 0 bridgehead atoms. The molecule has 1 saturated carbocycles. The zero-order chi connectivity index (χ0) is 10.3. The molecule has 0 aromatic carbocycles. The van der Waals surface area contributed by atoms with E-state index in [9.17, 15) is 0 Å². The molecule has 0 unspecified atom stereocenters. The van der Waals surface area contributed by atoms with Gasteiger partial charge in [-0.25, -0.2) is 9.50 Å². The van der Waals surface area contributed by atoms with Crippen molar-refractivity contribution in [3.05, 3.63) is 29.7 Å². The summed E-state index contributed by atoms with van der Waals surface area (Å²) in [7, 11) is 0. The standard InChI is InChI=1S/C11H12ClN3/c12-7-9-10(8-3-1-4-8)14-15-6-2-5-13-11(9)15/h2,5-6,8H,1,3-4,7H2. The Kier molecular flexibility index (Phi) is 2.13. The smallest absolute Gasteiger partial charge is 0.159 e. The van der Waals surface area contributed by atoms with Crippen LogP contribution in [0.5, 0.6) is 0 Å². The van der Waals surface area contributed by atoms with E-state index < -0.39 is 0 Å². The molecule has 0 N–H and O–H groups in total. The second-order valence-corrected chi connectivity index (χ2v) is 4.28. The van der Waals surface area contributed by atoms with Gasteiger partial charge in [-0.3, -0.25) is 0 Å². The Morgan fingerprint density at radius 3 is 3.00 bits per heavy atom. The Morgan fingerprint density at radius 2 is 2.33 bits per heavy atom. The molecule has 2 heterocycles. The number of hydrogen-bond donors (Lipinski definition) is 0. The van der Waals surface area contributed by atoms with Crippen LogP contribution in [-0.2, 0) is 5.88 Å². The van der Waals surface area contributed by atoms with E-state index in [0.29, 0.717) is 11.8 Å². The van der Waals surface area contributed by atoms with E-state index in [1.807, 2.05) is 16.8 Å². The van der Waals surface area contributed by atoms with Crippen molar-refractivity contribution >= 4 is 17.2 Å². The highest BCUT2D eigenvalue weighted by molar-refractivity contribution is 6.17. The first-order chi connectivity index (χ1) is 7.40. The Balaban J connectivity index is 2.19. The number of nitrogens with zero attached hydrogens (tertiary/aromatic N) is 3. The lowest BCUT2D eigenvalue weighted by Crippen LogP contribution is -2.11. The van der Waals surface area contributed by atoms with Crippen LogP contribution in [0.4, 0.5) is 0 Å². The third-order valence-corrected chi connectivity index (χ3v) is 3.41. The van der Waals surface area contributed by atoms with E-state index in [4.69, 9.17) is 11.6 Å². The predicted octanol–water partition coefficient (Wildman–Crippen LogP) is 2.74. The maximum absolute atomic E-state index is 5.98. The lowest BCUT2D eigenvalue weighted by Gasteiger charge is -2.23. The van der Waals surface area contributed by atoms with Crippen LogP contribution in [0.15, 0.2) is 18.5 Å². The Labute approximate surface area is 93.1 Å². The van der Waals surface area contributed by atoms with Gasteiger partial charge >= 0.3 is 0 Å². The van der Waals surface area contributed by atoms with Gasteiger partial charge in [-0.1, -0.05) is 6.42 Å². The minimum atomic E-state index is 0.506. The van der Waals surface area contributed by atoms with Gasteiger partial charge in [0.05, 0.1) is 11.6 Å². The highest BCUT2D eigenvalue weighted by Crippen LogP contribution is 2.38. The predicted molar refractivity (Wildman–Crippen MR) is 59.1 cm³/mol. The molecule has 1 aliphatic carbocycles. The van der Waals surface area contributed by atoms with Gasteiger partial charge in [-0.2, -0.15) is 5.10 Å². The summed E-state index contributed by atoms with van der Waals surface area (Å²) in [6, 6.07) is 1.89. The van der Waals surface area contributed by atoms with Crippen molar-refractivity contribution in [1.82, 2.24) is 14.6 Å². The van der Waals surface area contributed by atoms with E-state index in [0.717, 1.165) is 16.9 Å². The normalized spacial score (nSPS) is 16.9. The quantitative estimate of drug-likeness (QED) is 0.730. The first-order valence-electron chi connectivity index (χ1n) is 5.28. The fraction of sp³-hybridized carbons (Fsp3) is 0.455. The topological polar surface area (TPSA) is 30.2 Å². The van der Waals surface area contributed by atoms with Crippen molar-refractivity contribution in [1.29, 1.82) is 0 Å². The molecule has 0 atom stereocenters. The highest BCUT2D eigenvalue weighted by Gasteiger charge is 2.26. The van der Waals surface area contributed by atoms with Gasteiger partial charge in [0.1, 0.15) is 0 Å². The third-order valence-electron chi connectivity index (χ3n) is 3.15. The Morgan fingerprint density at radius 1 is 1.47 bits per heavy atom. The molecule has 3 nitrogen and oxygen atoms in total. The molecular formula is C11H12ClN3. The van der Waals surface area contributed by atoms with Crippen LogP contribution in [0.25, 0.3) is 5.65 Å². The van der Waals surface area contributed by atoms with Gasteiger partial charge in [-0.05, 0) is 18.9 Å². The monoisotopic (exact) mass is 221 g/mol. The van der Waals surface area contributed by atoms with Crippen LogP contribution >= 0.6 is 11.6 Å². The maximum atomic E-state index is 5.98. The Hall–Kier alpha value is -1.09. The SMILES string of the molecule is ClCc1c(C2CCC2)nn2cccnc12. The first-order valence-corrected chi connectivity index (χ1v) is 5.81. The molecule has 1 aliphatic rings.